The van der Waals surface area contributed by atoms with Crippen molar-refractivity contribution in [3.8, 4) is 0 Å². The van der Waals surface area contributed by atoms with Crippen LogP contribution in [0.15, 0.2) is 71.6 Å². The molecule has 2 amide bonds. The van der Waals surface area contributed by atoms with E-state index >= 15 is 0 Å². The number of anilines is 2. The summed E-state index contributed by atoms with van der Waals surface area (Å²) in [5, 5.41) is 6.02. The standard InChI is InChI=1S/C25H22FN3O2S2/c1-3-21(24(31)29-25-28-20-12-7-15(2)13-22(20)33-25)32-19-6-4-5-18(14-19)27-23(30)16-8-10-17(26)11-9-16/h4-14,21H,3H2,1-2H3,(H,27,30)(H,28,29,31). The summed E-state index contributed by atoms with van der Waals surface area (Å²) in [6, 6.07) is 18.7. The molecule has 4 rings (SSSR count). The smallest absolute Gasteiger partial charge is 0.255 e. The summed E-state index contributed by atoms with van der Waals surface area (Å²) in [5.74, 6) is -0.832. The molecule has 33 heavy (non-hydrogen) atoms. The fraction of sp³-hybridized carbons (Fsp3) is 0.160. The molecule has 0 spiro atoms. The molecule has 0 radical (unpaired) electrons. The highest BCUT2D eigenvalue weighted by molar-refractivity contribution is 8.00. The van der Waals surface area contributed by atoms with E-state index in [0.717, 1.165) is 20.7 Å². The largest absolute Gasteiger partial charge is 0.322 e. The summed E-state index contributed by atoms with van der Waals surface area (Å²) in [5.41, 5.74) is 2.99. The predicted octanol–water partition coefficient (Wildman–Crippen LogP) is 6.51. The topological polar surface area (TPSA) is 71.1 Å². The third-order valence-corrected chi connectivity index (χ3v) is 7.21. The Balaban J connectivity index is 1.42. The van der Waals surface area contributed by atoms with Crippen molar-refractivity contribution in [1.29, 1.82) is 0 Å². The molecular formula is C25H22FN3O2S2. The maximum atomic E-state index is 13.1. The number of hydrogen-bond acceptors (Lipinski definition) is 5. The molecule has 8 heteroatoms. The van der Waals surface area contributed by atoms with E-state index in [9.17, 15) is 14.0 Å². The van der Waals surface area contributed by atoms with E-state index < -0.39 is 5.82 Å². The molecular weight excluding hydrogens is 457 g/mol. The van der Waals surface area contributed by atoms with Crippen LogP contribution in [0.4, 0.5) is 15.2 Å². The highest BCUT2D eigenvalue weighted by atomic mass is 32.2. The molecule has 0 saturated carbocycles. The third kappa shape index (κ3) is 5.77. The van der Waals surface area contributed by atoms with Crippen LogP contribution in [0.25, 0.3) is 10.2 Å². The molecule has 4 aromatic rings. The SMILES string of the molecule is CCC(Sc1cccc(NC(=O)c2ccc(F)cc2)c1)C(=O)Nc1nc2ccc(C)cc2s1. The number of nitrogens with one attached hydrogen (secondary N) is 2. The van der Waals surface area contributed by atoms with Crippen molar-refractivity contribution in [3.05, 3.63) is 83.7 Å². The lowest BCUT2D eigenvalue weighted by Gasteiger charge is -2.14. The molecule has 3 aromatic carbocycles. The first-order valence-corrected chi connectivity index (χ1v) is 12.1. The number of rotatable bonds is 7. The third-order valence-electron chi connectivity index (χ3n) is 4.91. The highest BCUT2D eigenvalue weighted by Crippen LogP contribution is 2.31. The number of fused-ring (bicyclic) bond motifs is 1. The van der Waals surface area contributed by atoms with Gasteiger partial charge in [-0.2, -0.15) is 0 Å². The van der Waals surface area contributed by atoms with Crippen LogP contribution in [0.5, 0.6) is 0 Å². The predicted molar refractivity (Wildman–Crippen MR) is 134 cm³/mol. The first kappa shape index (κ1) is 22.9. The number of carbonyl (C=O) groups excluding carboxylic acids is 2. The Bertz CT molecular complexity index is 1300. The van der Waals surface area contributed by atoms with Crippen molar-refractivity contribution in [2.24, 2.45) is 0 Å². The second-order valence-electron chi connectivity index (χ2n) is 7.48. The molecule has 0 aliphatic heterocycles. The van der Waals surface area contributed by atoms with Crippen molar-refractivity contribution < 1.29 is 14.0 Å². The Hall–Kier alpha value is -3.23. The zero-order chi connectivity index (χ0) is 23.4. The molecule has 1 aromatic heterocycles. The van der Waals surface area contributed by atoms with Crippen LogP contribution in [-0.2, 0) is 4.79 Å². The fourth-order valence-corrected chi connectivity index (χ4v) is 5.19. The molecule has 1 heterocycles. The lowest BCUT2D eigenvalue weighted by molar-refractivity contribution is -0.115. The van der Waals surface area contributed by atoms with E-state index in [4.69, 9.17) is 0 Å². The zero-order valence-electron chi connectivity index (χ0n) is 18.1. The molecule has 2 N–H and O–H groups in total. The number of benzene rings is 3. The van der Waals surface area contributed by atoms with Gasteiger partial charge < -0.3 is 10.6 Å². The number of thioether (sulfide) groups is 1. The van der Waals surface area contributed by atoms with Crippen LogP contribution in [0, 0.1) is 12.7 Å². The van der Waals surface area contributed by atoms with Crippen LogP contribution < -0.4 is 10.6 Å². The van der Waals surface area contributed by atoms with Gasteiger partial charge in [0.2, 0.25) is 5.91 Å². The minimum absolute atomic E-state index is 0.112. The summed E-state index contributed by atoms with van der Waals surface area (Å²) in [4.78, 5) is 30.7. The zero-order valence-corrected chi connectivity index (χ0v) is 19.7. The fourth-order valence-electron chi connectivity index (χ4n) is 3.21. The van der Waals surface area contributed by atoms with E-state index in [1.165, 1.54) is 47.4 Å². The minimum Gasteiger partial charge on any atom is -0.322 e. The Morgan fingerprint density at radius 1 is 1.06 bits per heavy atom. The lowest BCUT2D eigenvalue weighted by atomic mass is 10.2. The molecule has 1 atom stereocenters. The normalized spacial score (nSPS) is 11.8. The molecule has 5 nitrogen and oxygen atoms in total. The van der Waals surface area contributed by atoms with Crippen LogP contribution in [0.1, 0.15) is 29.3 Å². The van der Waals surface area contributed by atoms with Gasteiger partial charge in [-0.15, -0.1) is 11.8 Å². The highest BCUT2D eigenvalue weighted by Gasteiger charge is 2.20. The Labute approximate surface area is 199 Å². The van der Waals surface area contributed by atoms with Crippen LogP contribution in [-0.4, -0.2) is 22.0 Å². The average Bonchev–Trinajstić information content (AvgIpc) is 3.19. The van der Waals surface area contributed by atoms with E-state index in [1.807, 2.05) is 44.2 Å². The quantitative estimate of drug-likeness (QED) is 0.297. The van der Waals surface area contributed by atoms with Gasteiger partial charge in [-0.3, -0.25) is 9.59 Å². The van der Waals surface area contributed by atoms with Gasteiger partial charge in [-0.1, -0.05) is 30.4 Å². The van der Waals surface area contributed by atoms with Crippen molar-refractivity contribution in [3.63, 3.8) is 0 Å². The Morgan fingerprint density at radius 3 is 2.61 bits per heavy atom. The summed E-state index contributed by atoms with van der Waals surface area (Å²) >= 11 is 2.89. The van der Waals surface area contributed by atoms with Gasteiger partial charge in [0.25, 0.3) is 5.91 Å². The number of nitrogens with zero attached hydrogens (tertiary/aromatic N) is 1. The van der Waals surface area contributed by atoms with Gasteiger partial charge in [-0.05, 0) is 73.5 Å². The molecule has 0 aliphatic rings. The Kier molecular flexibility index (Phi) is 7.05. The van der Waals surface area contributed by atoms with Gasteiger partial charge in [0.05, 0.1) is 15.5 Å². The number of amides is 2. The monoisotopic (exact) mass is 479 g/mol. The minimum atomic E-state index is -0.394. The molecule has 0 bridgehead atoms. The Morgan fingerprint density at radius 2 is 1.85 bits per heavy atom. The summed E-state index contributed by atoms with van der Waals surface area (Å²) in [7, 11) is 0. The second kappa shape index (κ2) is 10.1. The van der Waals surface area contributed by atoms with E-state index in [1.54, 1.807) is 6.07 Å². The van der Waals surface area contributed by atoms with E-state index in [2.05, 4.69) is 21.7 Å². The first-order valence-electron chi connectivity index (χ1n) is 10.4. The van der Waals surface area contributed by atoms with Gasteiger partial charge in [-0.25, -0.2) is 9.37 Å². The van der Waals surface area contributed by atoms with Crippen molar-refractivity contribution in [2.45, 2.75) is 30.4 Å². The van der Waals surface area contributed by atoms with Crippen molar-refractivity contribution in [1.82, 2.24) is 4.98 Å². The summed E-state index contributed by atoms with van der Waals surface area (Å²) in [6.07, 6.45) is 0.632. The van der Waals surface area contributed by atoms with Crippen molar-refractivity contribution >= 4 is 55.9 Å². The van der Waals surface area contributed by atoms with Crippen LogP contribution in [0.3, 0.4) is 0 Å². The number of hydrogen-bond donors (Lipinski definition) is 2. The van der Waals surface area contributed by atoms with Gasteiger partial charge >= 0.3 is 0 Å². The molecule has 168 valence electrons. The molecule has 1 unspecified atom stereocenters. The molecule has 0 aliphatic carbocycles. The molecule has 0 fully saturated rings. The average molecular weight is 480 g/mol. The maximum Gasteiger partial charge on any atom is 0.255 e. The first-order chi connectivity index (χ1) is 15.9. The van der Waals surface area contributed by atoms with Crippen LogP contribution >= 0.6 is 23.1 Å². The van der Waals surface area contributed by atoms with E-state index in [-0.39, 0.29) is 17.1 Å². The number of aryl methyl sites for hydroxylation is 1. The van der Waals surface area contributed by atoms with Gasteiger partial charge in [0.1, 0.15) is 5.82 Å². The summed E-state index contributed by atoms with van der Waals surface area (Å²) in [6.45, 7) is 3.98. The second-order valence-corrected chi connectivity index (χ2v) is 9.79. The van der Waals surface area contributed by atoms with Crippen molar-refractivity contribution in [2.75, 3.05) is 10.6 Å². The summed E-state index contributed by atoms with van der Waals surface area (Å²) < 4.78 is 14.1. The number of thiazole rings is 1. The van der Waals surface area contributed by atoms with Gasteiger partial charge in [0.15, 0.2) is 5.13 Å². The number of aromatic nitrogens is 1. The maximum absolute atomic E-state index is 13.1. The van der Waals surface area contributed by atoms with Gasteiger partial charge in [0, 0.05) is 16.1 Å². The van der Waals surface area contributed by atoms with Crippen LogP contribution in [0.2, 0.25) is 0 Å². The lowest BCUT2D eigenvalue weighted by Crippen LogP contribution is -2.24. The molecule has 0 saturated heterocycles. The van der Waals surface area contributed by atoms with E-state index in [0.29, 0.717) is 22.8 Å². The number of halogens is 1. The number of carbonyl (C=O) groups is 2.